The number of amides is 1. The topological polar surface area (TPSA) is 47.4 Å². The number of hydrogen-bond acceptors (Lipinski definition) is 3. The van der Waals surface area contributed by atoms with Crippen molar-refractivity contribution in [3.8, 4) is 5.75 Å². The molecule has 0 saturated carbocycles. The van der Waals surface area contributed by atoms with Gasteiger partial charge in [-0.05, 0) is 47.4 Å². The number of methoxy groups -OCH3 is 1. The van der Waals surface area contributed by atoms with E-state index in [4.69, 9.17) is 16.3 Å². The van der Waals surface area contributed by atoms with Crippen LogP contribution in [0.25, 0.3) is 0 Å². The molecule has 1 atom stereocenters. The van der Waals surface area contributed by atoms with Crippen LogP contribution in [0.5, 0.6) is 5.75 Å². The number of nitrogens with zero attached hydrogens (tertiary/aromatic N) is 3. The molecule has 0 bridgehead atoms. The summed E-state index contributed by atoms with van der Waals surface area (Å²) >= 11 is 6.08. The summed E-state index contributed by atoms with van der Waals surface area (Å²) in [4.78, 5) is 18.8. The van der Waals surface area contributed by atoms with Crippen LogP contribution < -0.4 is 4.74 Å². The van der Waals surface area contributed by atoms with Gasteiger partial charge in [-0.2, -0.15) is 0 Å². The molecule has 0 aliphatic carbocycles. The number of imidazole rings is 1. The van der Waals surface area contributed by atoms with Gasteiger partial charge in [-0.1, -0.05) is 29.8 Å². The summed E-state index contributed by atoms with van der Waals surface area (Å²) in [7, 11) is 1.67. The van der Waals surface area contributed by atoms with E-state index in [0.717, 1.165) is 17.7 Å². The molecule has 0 saturated heterocycles. The van der Waals surface area contributed by atoms with E-state index in [-0.39, 0.29) is 11.9 Å². The molecule has 0 N–H and O–H groups in total. The predicted octanol–water partition coefficient (Wildman–Crippen LogP) is 4.20. The molecule has 1 unspecified atom stereocenters. The van der Waals surface area contributed by atoms with Gasteiger partial charge < -0.3 is 9.64 Å². The first-order valence-electron chi connectivity index (χ1n) is 8.85. The van der Waals surface area contributed by atoms with Crippen molar-refractivity contribution in [1.82, 2.24) is 14.5 Å². The molecule has 1 aromatic heterocycles. The van der Waals surface area contributed by atoms with E-state index in [9.17, 15) is 4.79 Å². The van der Waals surface area contributed by atoms with Gasteiger partial charge in [-0.25, -0.2) is 9.78 Å². The minimum Gasteiger partial charge on any atom is -0.497 e. The number of carbonyl (C=O) groups excluding carboxylic acids is 1. The summed E-state index contributed by atoms with van der Waals surface area (Å²) in [6.45, 7) is 1.24. The van der Waals surface area contributed by atoms with Crippen molar-refractivity contribution >= 4 is 17.6 Å². The van der Waals surface area contributed by atoms with E-state index >= 15 is 0 Å². The van der Waals surface area contributed by atoms with Crippen LogP contribution in [0.2, 0.25) is 5.02 Å². The third kappa shape index (κ3) is 3.55. The molecule has 2 heterocycles. The van der Waals surface area contributed by atoms with Crippen molar-refractivity contribution in [2.75, 3.05) is 20.2 Å². The van der Waals surface area contributed by atoms with Gasteiger partial charge in [0.25, 0.3) is 0 Å². The van der Waals surface area contributed by atoms with Crippen LogP contribution in [0.1, 0.15) is 22.6 Å². The van der Waals surface area contributed by atoms with E-state index in [1.165, 1.54) is 15.7 Å². The van der Waals surface area contributed by atoms with Crippen molar-refractivity contribution in [1.29, 1.82) is 0 Å². The standard InChI is InChI=1S/C21H20ClN3O2/c1-27-18-7-4-16-8-10-24(21(26)25-11-9-23-14-25)13-20(19(16)12-18)15-2-5-17(22)6-3-15/h2-7,9,11-12,14,20H,8,10,13H2,1H3. The molecule has 1 aliphatic rings. The van der Waals surface area contributed by atoms with E-state index in [2.05, 4.69) is 17.1 Å². The van der Waals surface area contributed by atoms with Gasteiger partial charge in [0.15, 0.2) is 0 Å². The molecule has 3 aromatic rings. The Morgan fingerprint density at radius 1 is 1.22 bits per heavy atom. The highest BCUT2D eigenvalue weighted by atomic mass is 35.5. The van der Waals surface area contributed by atoms with Crippen molar-refractivity contribution in [2.24, 2.45) is 0 Å². The largest absolute Gasteiger partial charge is 0.497 e. The SMILES string of the molecule is COc1ccc2c(c1)C(c1ccc(Cl)cc1)CN(C(=O)n1ccnc1)CC2. The molecular weight excluding hydrogens is 362 g/mol. The Morgan fingerprint density at radius 2 is 2.04 bits per heavy atom. The van der Waals surface area contributed by atoms with Gasteiger partial charge in [-0.15, -0.1) is 0 Å². The lowest BCUT2D eigenvalue weighted by Gasteiger charge is -2.25. The molecule has 0 spiro atoms. The van der Waals surface area contributed by atoms with Gasteiger partial charge in [-0.3, -0.25) is 4.57 Å². The number of carbonyl (C=O) groups is 1. The third-order valence-electron chi connectivity index (χ3n) is 5.05. The van der Waals surface area contributed by atoms with Crippen molar-refractivity contribution in [3.63, 3.8) is 0 Å². The summed E-state index contributed by atoms with van der Waals surface area (Å²) in [6.07, 6.45) is 5.64. The lowest BCUT2D eigenvalue weighted by atomic mass is 9.88. The molecular formula is C21H20ClN3O2. The van der Waals surface area contributed by atoms with Gasteiger partial charge >= 0.3 is 6.03 Å². The normalized spacial score (nSPS) is 16.5. The Balaban J connectivity index is 1.75. The number of fused-ring (bicyclic) bond motifs is 1. The number of halogens is 1. The second-order valence-electron chi connectivity index (χ2n) is 6.62. The monoisotopic (exact) mass is 381 g/mol. The fourth-order valence-corrected chi connectivity index (χ4v) is 3.73. The second kappa shape index (κ2) is 7.45. The minimum absolute atomic E-state index is 0.0438. The molecule has 0 radical (unpaired) electrons. The maximum atomic E-state index is 12.9. The molecule has 5 nitrogen and oxygen atoms in total. The zero-order valence-corrected chi connectivity index (χ0v) is 15.8. The van der Waals surface area contributed by atoms with Crippen LogP contribution in [0, 0.1) is 0 Å². The van der Waals surface area contributed by atoms with Crippen LogP contribution >= 0.6 is 11.6 Å². The summed E-state index contributed by atoms with van der Waals surface area (Å²) in [5.74, 6) is 0.865. The highest BCUT2D eigenvalue weighted by Crippen LogP contribution is 2.34. The highest BCUT2D eigenvalue weighted by molar-refractivity contribution is 6.30. The Labute approximate surface area is 163 Å². The molecule has 1 aliphatic heterocycles. The highest BCUT2D eigenvalue weighted by Gasteiger charge is 2.28. The zero-order chi connectivity index (χ0) is 18.8. The zero-order valence-electron chi connectivity index (χ0n) is 15.0. The summed E-state index contributed by atoms with van der Waals surface area (Å²) in [5.41, 5.74) is 3.55. The van der Waals surface area contributed by atoms with Crippen molar-refractivity contribution in [3.05, 3.63) is 82.9 Å². The van der Waals surface area contributed by atoms with E-state index in [1.807, 2.05) is 35.2 Å². The minimum atomic E-state index is -0.0637. The van der Waals surface area contributed by atoms with Crippen LogP contribution in [-0.2, 0) is 6.42 Å². The average Bonchev–Trinajstić information content (AvgIpc) is 3.17. The Bertz CT molecular complexity index is 939. The molecule has 138 valence electrons. The first-order chi connectivity index (χ1) is 13.2. The second-order valence-corrected chi connectivity index (χ2v) is 7.05. The van der Waals surface area contributed by atoms with Crippen LogP contribution in [0.4, 0.5) is 4.79 Å². The first kappa shape index (κ1) is 17.6. The van der Waals surface area contributed by atoms with Crippen LogP contribution in [0.15, 0.2) is 61.2 Å². The average molecular weight is 382 g/mol. The third-order valence-corrected chi connectivity index (χ3v) is 5.30. The number of hydrogen-bond donors (Lipinski definition) is 0. The molecule has 4 rings (SSSR count). The number of ether oxygens (including phenoxy) is 1. The van der Waals surface area contributed by atoms with E-state index in [0.29, 0.717) is 18.1 Å². The lowest BCUT2D eigenvalue weighted by molar-refractivity contribution is 0.200. The Kier molecular flexibility index (Phi) is 4.86. The lowest BCUT2D eigenvalue weighted by Crippen LogP contribution is -2.37. The van der Waals surface area contributed by atoms with Crippen LogP contribution in [-0.4, -0.2) is 40.7 Å². The predicted molar refractivity (Wildman–Crippen MR) is 105 cm³/mol. The maximum absolute atomic E-state index is 12.9. The quantitative estimate of drug-likeness (QED) is 0.668. The first-order valence-corrected chi connectivity index (χ1v) is 9.23. The number of aromatic nitrogens is 2. The molecule has 6 heteroatoms. The van der Waals surface area contributed by atoms with E-state index < -0.39 is 0 Å². The van der Waals surface area contributed by atoms with Crippen molar-refractivity contribution in [2.45, 2.75) is 12.3 Å². The van der Waals surface area contributed by atoms with Gasteiger partial charge in [0, 0.05) is 36.4 Å². The molecule has 0 fully saturated rings. The summed E-state index contributed by atoms with van der Waals surface area (Å²) in [5, 5.41) is 0.699. The molecule has 1 amide bonds. The summed E-state index contributed by atoms with van der Waals surface area (Å²) < 4.78 is 6.97. The number of rotatable bonds is 2. The fraction of sp³-hybridized carbons (Fsp3) is 0.238. The van der Waals surface area contributed by atoms with E-state index in [1.54, 1.807) is 25.8 Å². The summed E-state index contributed by atoms with van der Waals surface area (Å²) in [6, 6.07) is 13.9. The smallest absolute Gasteiger partial charge is 0.329 e. The van der Waals surface area contributed by atoms with Gasteiger partial charge in [0.1, 0.15) is 12.1 Å². The molecule has 2 aromatic carbocycles. The van der Waals surface area contributed by atoms with Crippen LogP contribution in [0.3, 0.4) is 0 Å². The fourth-order valence-electron chi connectivity index (χ4n) is 3.61. The molecule has 27 heavy (non-hydrogen) atoms. The maximum Gasteiger partial charge on any atom is 0.329 e. The van der Waals surface area contributed by atoms with Gasteiger partial charge in [0.2, 0.25) is 0 Å². The van der Waals surface area contributed by atoms with Crippen molar-refractivity contribution < 1.29 is 9.53 Å². The van der Waals surface area contributed by atoms with Gasteiger partial charge in [0.05, 0.1) is 7.11 Å². The Hall–Kier alpha value is -2.79. The number of benzene rings is 2. The Morgan fingerprint density at radius 3 is 2.74 bits per heavy atom.